The average Bonchev–Trinajstić information content (AvgIpc) is 2.71. The van der Waals surface area contributed by atoms with Crippen LogP contribution >= 0.6 is 0 Å². The van der Waals surface area contributed by atoms with E-state index in [0.29, 0.717) is 0 Å². The number of benzene rings is 1. The Morgan fingerprint density at radius 3 is 2.25 bits per heavy atom. The van der Waals surface area contributed by atoms with Crippen LogP contribution in [0.1, 0.15) is 17.2 Å². The lowest BCUT2D eigenvalue weighted by atomic mass is 9.95. The second kappa shape index (κ2) is 4.00. The van der Waals surface area contributed by atoms with E-state index < -0.39 is 12.1 Å². The normalized spacial score (nSPS) is 13.7. The highest BCUT2D eigenvalue weighted by atomic mass is 19.4. The van der Waals surface area contributed by atoms with Crippen LogP contribution in [0.4, 0.5) is 13.2 Å². The first-order valence-corrected chi connectivity index (χ1v) is 4.70. The Morgan fingerprint density at radius 1 is 1.06 bits per heavy atom. The van der Waals surface area contributed by atoms with Crippen molar-refractivity contribution in [2.75, 3.05) is 0 Å². The van der Waals surface area contributed by atoms with Crippen molar-refractivity contribution in [1.29, 1.82) is 0 Å². The third kappa shape index (κ3) is 2.08. The van der Waals surface area contributed by atoms with Gasteiger partial charge in [-0.25, -0.2) is 0 Å². The molecule has 1 N–H and O–H groups in total. The minimum Gasteiger partial charge on any atom is -0.282 e. The van der Waals surface area contributed by atoms with Gasteiger partial charge in [-0.1, -0.05) is 30.3 Å². The molecule has 0 aliphatic carbocycles. The molecule has 0 bridgehead atoms. The van der Waals surface area contributed by atoms with Gasteiger partial charge < -0.3 is 0 Å². The number of aromatic amines is 1. The molecule has 2 aromatic rings. The fourth-order valence-electron chi connectivity index (χ4n) is 1.62. The highest BCUT2D eigenvalue weighted by molar-refractivity contribution is 5.29. The van der Waals surface area contributed by atoms with E-state index in [1.165, 1.54) is 24.4 Å². The highest BCUT2D eigenvalue weighted by Crippen LogP contribution is 2.38. The van der Waals surface area contributed by atoms with Crippen LogP contribution in [-0.4, -0.2) is 16.4 Å². The van der Waals surface area contributed by atoms with Gasteiger partial charge >= 0.3 is 6.18 Å². The van der Waals surface area contributed by atoms with Gasteiger partial charge in [-0.15, -0.1) is 0 Å². The molecule has 1 aromatic carbocycles. The Kier molecular flexibility index (Phi) is 2.68. The second-order valence-corrected chi connectivity index (χ2v) is 3.40. The lowest BCUT2D eigenvalue weighted by Crippen LogP contribution is -2.22. The molecule has 0 spiro atoms. The van der Waals surface area contributed by atoms with Crippen LogP contribution in [-0.2, 0) is 0 Å². The molecule has 1 heterocycles. The summed E-state index contributed by atoms with van der Waals surface area (Å²) < 4.78 is 38.8. The van der Waals surface area contributed by atoms with Gasteiger partial charge in [0, 0.05) is 6.20 Å². The van der Waals surface area contributed by atoms with Crippen LogP contribution in [0.2, 0.25) is 0 Å². The summed E-state index contributed by atoms with van der Waals surface area (Å²) in [5.41, 5.74) is 0.262. The Bertz CT molecular complexity index is 434. The predicted octanol–water partition coefficient (Wildman–Crippen LogP) is 3.10. The van der Waals surface area contributed by atoms with E-state index in [-0.39, 0.29) is 11.3 Å². The molecule has 1 aromatic heterocycles. The molecule has 84 valence electrons. The van der Waals surface area contributed by atoms with E-state index in [2.05, 4.69) is 10.2 Å². The average molecular weight is 226 g/mol. The first-order valence-electron chi connectivity index (χ1n) is 4.70. The van der Waals surface area contributed by atoms with Gasteiger partial charge in [-0.3, -0.25) is 5.10 Å². The topological polar surface area (TPSA) is 28.7 Å². The van der Waals surface area contributed by atoms with E-state index >= 15 is 0 Å². The summed E-state index contributed by atoms with van der Waals surface area (Å²) in [6.07, 6.45) is -3.01. The number of hydrogen-bond acceptors (Lipinski definition) is 1. The molecule has 0 saturated heterocycles. The summed E-state index contributed by atoms with van der Waals surface area (Å²) in [5, 5.41) is 5.93. The summed E-state index contributed by atoms with van der Waals surface area (Å²) in [4.78, 5) is 0. The molecule has 16 heavy (non-hydrogen) atoms. The maximum Gasteiger partial charge on any atom is 0.401 e. The van der Waals surface area contributed by atoms with Crippen molar-refractivity contribution < 1.29 is 13.2 Å². The van der Waals surface area contributed by atoms with Gasteiger partial charge in [0.1, 0.15) is 5.92 Å². The zero-order valence-electron chi connectivity index (χ0n) is 8.20. The van der Waals surface area contributed by atoms with Gasteiger partial charge in [0.15, 0.2) is 0 Å². The van der Waals surface area contributed by atoms with Crippen molar-refractivity contribution in [2.45, 2.75) is 12.1 Å². The van der Waals surface area contributed by atoms with Gasteiger partial charge in [-0.2, -0.15) is 18.3 Å². The number of aromatic nitrogens is 2. The lowest BCUT2D eigenvalue weighted by molar-refractivity contribution is -0.141. The Labute approximate surface area is 90.1 Å². The molecule has 0 radical (unpaired) electrons. The number of alkyl halides is 3. The molecule has 0 aliphatic rings. The third-order valence-electron chi connectivity index (χ3n) is 2.29. The molecule has 1 unspecified atom stereocenters. The SMILES string of the molecule is FC(F)(F)C(c1ccccc1)c1ccn[nH]1. The number of nitrogens with zero attached hydrogens (tertiary/aromatic N) is 1. The zero-order valence-corrected chi connectivity index (χ0v) is 8.20. The van der Waals surface area contributed by atoms with Crippen molar-refractivity contribution in [3.8, 4) is 0 Å². The molecule has 1 atom stereocenters. The van der Waals surface area contributed by atoms with E-state index in [0.717, 1.165) is 0 Å². The van der Waals surface area contributed by atoms with Crippen LogP contribution < -0.4 is 0 Å². The van der Waals surface area contributed by atoms with Crippen LogP contribution in [0.25, 0.3) is 0 Å². The minimum absolute atomic E-state index is 0.0544. The molecule has 2 rings (SSSR count). The number of nitrogens with one attached hydrogen (secondary N) is 1. The van der Waals surface area contributed by atoms with E-state index in [4.69, 9.17) is 0 Å². The van der Waals surface area contributed by atoms with Crippen molar-refractivity contribution in [2.24, 2.45) is 0 Å². The monoisotopic (exact) mass is 226 g/mol. The molecule has 0 fully saturated rings. The summed E-state index contributed by atoms with van der Waals surface area (Å²) in [6.45, 7) is 0. The molecule has 0 aliphatic heterocycles. The van der Waals surface area contributed by atoms with Crippen LogP contribution in [0.15, 0.2) is 42.6 Å². The quantitative estimate of drug-likeness (QED) is 0.837. The van der Waals surface area contributed by atoms with E-state index in [9.17, 15) is 13.2 Å². The second-order valence-electron chi connectivity index (χ2n) is 3.40. The van der Waals surface area contributed by atoms with Crippen LogP contribution in [0, 0.1) is 0 Å². The fraction of sp³-hybridized carbons (Fsp3) is 0.182. The van der Waals surface area contributed by atoms with Crippen LogP contribution in [0.5, 0.6) is 0 Å². The predicted molar refractivity (Wildman–Crippen MR) is 52.9 cm³/mol. The first-order chi connectivity index (χ1) is 7.59. The number of rotatable bonds is 2. The van der Waals surface area contributed by atoms with Crippen molar-refractivity contribution in [3.05, 3.63) is 53.9 Å². The summed E-state index contributed by atoms with van der Waals surface area (Å²) in [7, 11) is 0. The maximum absolute atomic E-state index is 12.9. The Balaban J connectivity index is 2.45. The zero-order chi connectivity index (χ0) is 11.6. The smallest absolute Gasteiger partial charge is 0.282 e. The fourth-order valence-corrected chi connectivity index (χ4v) is 1.62. The molecule has 2 nitrogen and oxygen atoms in total. The summed E-state index contributed by atoms with van der Waals surface area (Å²) >= 11 is 0. The third-order valence-corrected chi connectivity index (χ3v) is 2.29. The van der Waals surface area contributed by atoms with E-state index in [1.54, 1.807) is 18.2 Å². The van der Waals surface area contributed by atoms with Crippen molar-refractivity contribution >= 4 is 0 Å². The first kappa shape index (κ1) is 10.7. The van der Waals surface area contributed by atoms with Gasteiger partial charge in [0.25, 0.3) is 0 Å². The van der Waals surface area contributed by atoms with Crippen LogP contribution in [0.3, 0.4) is 0 Å². The van der Waals surface area contributed by atoms with Gasteiger partial charge in [0.2, 0.25) is 0 Å². The molecular weight excluding hydrogens is 217 g/mol. The Morgan fingerprint density at radius 2 is 1.75 bits per heavy atom. The standard InChI is InChI=1S/C11H9F3N2/c12-11(13,14)10(9-6-7-15-16-9)8-4-2-1-3-5-8/h1-7,10H,(H,15,16). The molecule has 5 heteroatoms. The molecule has 0 saturated carbocycles. The summed E-state index contributed by atoms with van der Waals surface area (Å²) in [5.74, 6) is -1.64. The van der Waals surface area contributed by atoms with E-state index in [1.807, 2.05) is 0 Å². The maximum atomic E-state index is 12.9. The van der Waals surface area contributed by atoms with Gasteiger partial charge in [0.05, 0.1) is 5.69 Å². The highest BCUT2D eigenvalue weighted by Gasteiger charge is 2.42. The molecule has 0 amide bonds. The lowest BCUT2D eigenvalue weighted by Gasteiger charge is -2.19. The Hall–Kier alpha value is -1.78. The number of H-pyrrole nitrogens is 1. The van der Waals surface area contributed by atoms with Gasteiger partial charge in [-0.05, 0) is 11.6 Å². The minimum atomic E-state index is -4.33. The van der Waals surface area contributed by atoms with Crippen molar-refractivity contribution in [3.63, 3.8) is 0 Å². The largest absolute Gasteiger partial charge is 0.401 e. The number of halogens is 3. The molecular formula is C11H9F3N2. The van der Waals surface area contributed by atoms with Crippen molar-refractivity contribution in [1.82, 2.24) is 10.2 Å². The summed E-state index contributed by atoms with van der Waals surface area (Å²) in [6, 6.07) is 9.11. The number of hydrogen-bond donors (Lipinski definition) is 1.